The van der Waals surface area contributed by atoms with Crippen molar-refractivity contribution in [2.75, 3.05) is 7.11 Å². The van der Waals surface area contributed by atoms with Crippen molar-refractivity contribution in [1.82, 2.24) is 5.32 Å². The van der Waals surface area contributed by atoms with Gasteiger partial charge in [-0.15, -0.1) is 0 Å². The van der Waals surface area contributed by atoms with Gasteiger partial charge in [0.15, 0.2) is 0 Å². The number of rotatable bonds is 4. The molecule has 116 valence electrons. The summed E-state index contributed by atoms with van der Waals surface area (Å²) in [6.07, 6.45) is 5.51. The van der Waals surface area contributed by atoms with Crippen LogP contribution >= 0.6 is 0 Å². The van der Waals surface area contributed by atoms with Crippen LogP contribution < -0.4 is 5.32 Å². The summed E-state index contributed by atoms with van der Waals surface area (Å²) < 4.78 is 10.0. The van der Waals surface area contributed by atoms with E-state index in [4.69, 9.17) is 9.15 Å². The molecule has 2 bridgehead atoms. The van der Waals surface area contributed by atoms with E-state index in [1.165, 1.54) is 26.4 Å². The van der Waals surface area contributed by atoms with Crippen LogP contribution in [0.1, 0.15) is 56.2 Å². The molecule has 1 heterocycles. The number of carbonyl (C=O) groups is 1. The Bertz CT molecular complexity index is 543. The van der Waals surface area contributed by atoms with E-state index in [0.29, 0.717) is 29.2 Å². The lowest BCUT2D eigenvalue weighted by Gasteiger charge is -2.43. The largest absolute Gasteiger partial charge is 0.463 e. The second-order valence-electron chi connectivity index (χ2n) is 7.50. The first-order valence-electron chi connectivity index (χ1n) is 7.76. The highest BCUT2D eigenvalue weighted by Crippen LogP contribution is 2.62. The van der Waals surface area contributed by atoms with Crippen LogP contribution in [0.2, 0.25) is 0 Å². The lowest BCUT2D eigenvalue weighted by Crippen LogP contribution is -2.50. The molecular formula is C17H25NO3. The molecule has 3 rings (SSSR count). The van der Waals surface area contributed by atoms with Crippen LogP contribution in [0.25, 0.3) is 0 Å². The van der Waals surface area contributed by atoms with Crippen molar-refractivity contribution in [2.24, 2.45) is 16.7 Å². The van der Waals surface area contributed by atoms with E-state index in [-0.39, 0.29) is 0 Å². The maximum atomic E-state index is 11.7. The Labute approximate surface area is 126 Å². The molecular weight excluding hydrogens is 266 g/mol. The lowest BCUT2D eigenvalue weighted by atomic mass is 9.68. The maximum absolute atomic E-state index is 11.7. The maximum Gasteiger partial charge on any atom is 0.374 e. The second kappa shape index (κ2) is 4.87. The van der Waals surface area contributed by atoms with Crippen molar-refractivity contribution >= 4 is 5.97 Å². The van der Waals surface area contributed by atoms with Gasteiger partial charge in [0.25, 0.3) is 0 Å². The Morgan fingerprint density at radius 1 is 1.48 bits per heavy atom. The minimum Gasteiger partial charge on any atom is -0.463 e. The molecule has 3 atom stereocenters. The van der Waals surface area contributed by atoms with Crippen LogP contribution in [0.15, 0.2) is 16.7 Å². The monoisotopic (exact) mass is 291 g/mol. The molecule has 2 aliphatic carbocycles. The Hall–Kier alpha value is -1.29. The van der Waals surface area contributed by atoms with Crippen molar-refractivity contribution in [1.29, 1.82) is 0 Å². The highest BCUT2D eigenvalue weighted by molar-refractivity contribution is 5.87. The Balaban J connectivity index is 1.74. The van der Waals surface area contributed by atoms with Gasteiger partial charge in [0, 0.05) is 18.2 Å². The normalized spacial score (nSPS) is 33.3. The number of nitrogens with one attached hydrogen (secondary N) is 1. The highest BCUT2D eigenvalue weighted by atomic mass is 16.5. The second-order valence-corrected chi connectivity index (χ2v) is 7.50. The zero-order valence-electron chi connectivity index (χ0n) is 13.4. The predicted octanol–water partition coefficient (Wildman–Crippen LogP) is 3.37. The average Bonchev–Trinajstić information content (AvgIpc) is 3.08. The van der Waals surface area contributed by atoms with Crippen molar-refractivity contribution < 1.29 is 13.9 Å². The minimum absolute atomic E-state index is 0.308. The zero-order chi connectivity index (χ0) is 15.3. The standard InChI is InChI=1S/C17H25NO3/c1-16(2)12-5-7-17(3,9-12)15(16)18-10-11-6-8-21-13(11)14(19)20-4/h6,8,12,15,18H,5,7,9-10H2,1-4H3. The molecule has 21 heavy (non-hydrogen) atoms. The minimum atomic E-state index is -0.407. The third-order valence-electron chi connectivity index (χ3n) is 5.88. The molecule has 0 amide bonds. The summed E-state index contributed by atoms with van der Waals surface area (Å²) in [5.41, 5.74) is 1.56. The number of furan rings is 1. The van der Waals surface area contributed by atoms with Crippen molar-refractivity contribution in [3.63, 3.8) is 0 Å². The number of esters is 1. The van der Waals surface area contributed by atoms with Crippen LogP contribution in [0.3, 0.4) is 0 Å². The Morgan fingerprint density at radius 2 is 2.24 bits per heavy atom. The molecule has 0 spiro atoms. The SMILES string of the molecule is COC(=O)c1occc1CNC1C2(C)CCC(C2)C1(C)C. The van der Waals surface area contributed by atoms with Gasteiger partial charge in [-0.25, -0.2) is 4.79 Å². The van der Waals surface area contributed by atoms with E-state index in [1.807, 2.05) is 6.07 Å². The van der Waals surface area contributed by atoms with Crippen molar-refractivity contribution in [2.45, 2.75) is 52.6 Å². The first-order chi connectivity index (χ1) is 9.88. The molecule has 3 unspecified atom stereocenters. The fourth-order valence-corrected chi connectivity index (χ4v) is 4.77. The first-order valence-corrected chi connectivity index (χ1v) is 7.76. The van der Waals surface area contributed by atoms with E-state index in [0.717, 1.165) is 11.5 Å². The summed E-state index contributed by atoms with van der Waals surface area (Å²) in [6, 6.07) is 2.33. The topological polar surface area (TPSA) is 51.5 Å². The number of fused-ring (bicyclic) bond motifs is 2. The summed E-state index contributed by atoms with van der Waals surface area (Å²) in [6.45, 7) is 7.79. The molecule has 4 heteroatoms. The van der Waals surface area contributed by atoms with E-state index >= 15 is 0 Å². The number of hydrogen-bond donors (Lipinski definition) is 1. The molecule has 0 radical (unpaired) electrons. The van der Waals surface area contributed by atoms with Gasteiger partial charge in [-0.1, -0.05) is 20.8 Å². The van der Waals surface area contributed by atoms with Gasteiger partial charge in [0.2, 0.25) is 5.76 Å². The van der Waals surface area contributed by atoms with Gasteiger partial charge in [-0.05, 0) is 42.1 Å². The molecule has 1 aromatic heterocycles. The van der Waals surface area contributed by atoms with Gasteiger partial charge in [0.1, 0.15) is 0 Å². The van der Waals surface area contributed by atoms with Gasteiger partial charge in [0.05, 0.1) is 13.4 Å². The molecule has 2 aliphatic rings. The molecule has 0 saturated heterocycles. The van der Waals surface area contributed by atoms with E-state index in [1.54, 1.807) is 6.26 Å². The smallest absolute Gasteiger partial charge is 0.374 e. The summed E-state index contributed by atoms with van der Waals surface area (Å²) in [5, 5.41) is 3.70. The summed E-state index contributed by atoms with van der Waals surface area (Å²) in [4.78, 5) is 11.7. The fraction of sp³-hybridized carbons (Fsp3) is 0.706. The number of hydrogen-bond acceptors (Lipinski definition) is 4. The van der Waals surface area contributed by atoms with Crippen molar-refractivity contribution in [3.8, 4) is 0 Å². The Kier molecular flexibility index (Phi) is 3.40. The molecule has 0 aliphatic heterocycles. The van der Waals surface area contributed by atoms with Crippen LogP contribution in [-0.2, 0) is 11.3 Å². The first kappa shape index (κ1) is 14.6. The van der Waals surface area contributed by atoms with Crippen LogP contribution in [0, 0.1) is 16.7 Å². The van der Waals surface area contributed by atoms with Crippen LogP contribution in [-0.4, -0.2) is 19.1 Å². The number of methoxy groups -OCH3 is 1. The van der Waals surface area contributed by atoms with Crippen LogP contribution in [0.4, 0.5) is 0 Å². The predicted molar refractivity (Wildman–Crippen MR) is 79.9 cm³/mol. The zero-order valence-corrected chi connectivity index (χ0v) is 13.4. The average molecular weight is 291 g/mol. The molecule has 1 aromatic rings. The summed E-state index contributed by atoms with van der Waals surface area (Å²) in [7, 11) is 1.38. The Morgan fingerprint density at radius 3 is 2.86 bits per heavy atom. The molecule has 0 aromatic carbocycles. The summed E-state index contributed by atoms with van der Waals surface area (Å²) in [5.74, 6) is 0.718. The molecule has 2 saturated carbocycles. The third kappa shape index (κ3) is 2.20. The van der Waals surface area contributed by atoms with Gasteiger partial charge < -0.3 is 14.5 Å². The lowest BCUT2D eigenvalue weighted by molar-refractivity contribution is 0.0562. The third-order valence-corrected chi connectivity index (χ3v) is 5.88. The molecule has 4 nitrogen and oxygen atoms in total. The summed E-state index contributed by atoms with van der Waals surface area (Å²) >= 11 is 0. The van der Waals surface area contributed by atoms with E-state index < -0.39 is 5.97 Å². The fourth-order valence-electron chi connectivity index (χ4n) is 4.77. The molecule has 2 fully saturated rings. The van der Waals surface area contributed by atoms with Gasteiger partial charge in [-0.3, -0.25) is 0 Å². The van der Waals surface area contributed by atoms with Crippen LogP contribution in [0.5, 0.6) is 0 Å². The highest BCUT2D eigenvalue weighted by Gasteiger charge is 2.58. The van der Waals surface area contributed by atoms with Gasteiger partial charge in [-0.2, -0.15) is 0 Å². The van der Waals surface area contributed by atoms with E-state index in [2.05, 4.69) is 26.1 Å². The van der Waals surface area contributed by atoms with E-state index in [9.17, 15) is 4.79 Å². The number of carbonyl (C=O) groups excluding carboxylic acids is 1. The van der Waals surface area contributed by atoms with Gasteiger partial charge >= 0.3 is 5.97 Å². The van der Waals surface area contributed by atoms with Crippen molar-refractivity contribution in [3.05, 3.63) is 23.7 Å². The number of ether oxygens (including phenoxy) is 1. The quantitative estimate of drug-likeness (QED) is 0.864. The molecule has 1 N–H and O–H groups in total.